The van der Waals surface area contributed by atoms with Gasteiger partial charge >= 0.3 is 0 Å². The van der Waals surface area contributed by atoms with Crippen LogP contribution in [0.25, 0.3) is 0 Å². The van der Waals surface area contributed by atoms with Crippen molar-refractivity contribution < 1.29 is 4.74 Å². The zero-order valence-corrected chi connectivity index (χ0v) is 12.6. The minimum Gasteiger partial charge on any atom is -0.379 e. The predicted molar refractivity (Wildman–Crippen MR) is 78.1 cm³/mol. The number of hydrogen-bond donors (Lipinski definition) is 1. The summed E-state index contributed by atoms with van der Waals surface area (Å²) in [6, 6.07) is 1.22. The van der Waals surface area contributed by atoms with Crippen LogP contribution in [-0.2, 0) is 4.74 Å². The Morgan fingerprint density at radius 2 is 1.89 bits per heavy atom. The summed E-state index contributed by atoms with van der Waals surface area (Å²) in [4.78, 5) is 2.67. The Bertz CT molecular complexity index is 185. The average molecular weight is 256 g/mol. The molecule has 0 radical (unpaired) electrons. The first kappa shape index (κ1) is 15.9. The van der Waals surface area contributed by atoms with Crippen LogP contribution in [0.5, 0.6) is 0 Å². The highest BCUT2D eigenvalue weighted by Gasteiger charge is 2.20. The highest BCUT2D eigenvalue weighted by Crippen LogP contribution is 2.11. The van der Waals surface area contributed by atoms with E-state index >= 15 is 0 Å². The number of ether oxygens (including phenoxy) is 1. The van der Waals surface area contributed by atoms with Crippen LogP contribution < -0.4 is 5.32 Å². The maximum absolute atomic E-state index is 5.54. The number of nitrogens with zero attached hydrogens (tertiary/aromatic N) is 1. The molecule has 1 saturated heterocycles. The van der Waals surface area contributed by atoms with E-state index in [1.165, 1.54) is 45.2 Å². The number of hydrogen-bond acceptors (Lipinski definition) is 3. The molecule has 1 heterocycles. The van der Waals surface area contributed by atoms with Crippen molar-refractivity contribution in [3.63, 3.8) is 0 Å². The lowest BCUT2D eigenvalue weighted by molar-refractivity contribution is 0.0614. The van der Waals surface area contributed by atoms with Gasteiger partial charge in [0.15, 0.2) is 0 Å². The SMILES string of the molecule is CCCCN(CCCC)C(C)CC1COCCN1. The van der Waals surface area contributed by atoms with Crippen LogP contribution in [0.1, 0.15) is 52.9 Å². The normalized spacial score (nSPS) is 22.3. The van der Waals surface area contributed by atoms with Crippen molar-refractivity contribution in [2.24, 2.45) is 0 Å². The molecule has 0 aromatic heterocycles. The molecular formula is C15H32N2O. The van der Waals surface area contributed by atoms with E-state index in [-0.39, 0.29) is 0 Å². The Hall–Kier alpha value is -0.120. The number of nitrogens with one attached hydrogen (secondary N) is 1. The summed E-state index contributed by atoms with van der Waals surface area (Å²) in [6.45, 7) is 12.2. The van der Waals surface area contributed by atoms with E-state index in [1.807, 2.05) is 0 Å². The summed E-state index contributed by atoms with van der Waals surface area (Å²) in [5.41, 5.74) is 0. The lowest BCUT2D eigenvalue weighted by Crippen LogP contribution is -2.46. The van der Waals surface area contributed by atoms with Crippen LogP contribution in [0, 0.1) is 0 Å². The molecular weight excluding hydrogens is 224 g/mol. The molecule has 0 aromatic rings. The van der Waals surface area contributed by atoms with Gasteiger partial charge in [-0.05, 0) is 39.3 Å². The van der Waals surface area contributed by atoms with Crippen molar-refractivity contribution in [1.29, 1.82) is 0 Å². The minimum atomic E-state index is 0.555. The Labute approximate surface area is 113 Å². The summed E-state index contributed by atoms with van der Waals surface area (Å²) in [7, 11) is 0. The van der Waals surface area contributed by atoms with Crippen LogP contribution in [-0.4, -0.2) is 49.8 Å². The molecule has 2 unspecified atom stereocenters. The zero-order chi connectivity index (χ0) is 13.2. The summed E-state index contributed by atoms with van der Waals surface area (Å²) >= 11 is 0. The van der Waals surface area contributed by atoms with Crippen molar-refractivity contribution in [2.45, 2.75) is 65.0 Å². The fraction of sp³-hybridized carbons (Fsp3) is 1.00. The van der Waals surface area contributed by atoms with Crippen LogP contribution in [0.15, 0.2) is 0 Å². The van der Waals surface area contributed by atoms with Crippen LogP contribution in [0.2, 0.25) is 0 Å². The van der Waals surface area contributed by atoms with Crippen molar-refractivity contribution in [2.75, 3.05) is 32.8 Å². The second kappa shape index (κ2) is 9.76. The van der Waals surface area contributed by atoms with Gasteiger partial charge in [0.1, 0.15) is 0 Å². The highest BCUT2D eigenvalue weighted by molar-refractivity contribution is 4.77. The smallest absolute Gasteiger partial charge is 0.0620 e. The molecule has 1 fully saturated rings. The van der Waals surface area contributed by atoms with Gasteiger partial charge in [-0.15, -0.1) is 0 Å². The van der Waals surface area contributed by atoms with Crippen LogP contribution in [0.3, 0.4) is 0 Å². The maximum Gasteiger partial charge on any atom is 0.0620 e. The molecule has 0 spiro atoms. The van der Waals surface area contributed by atoms with E-state index in [4.69, 9.17) is 4.74 Å². The van der Waals surface area contributed by atoms with Gasteiger partial charge in [-0.25, -0.2) is 0 Å². The molecule has 0 aliphatic carbocycles. The Balaban J connectivity index is 2.33. The second-order valence-corrected chi connectivity index (χ2v) is 5.55. The molecule has 2 atom stereocenters. The van der Waals surface area contributed by atoms with Gasteiger partial charge in [-0.3, -0.25) is 0 Å². The third-order valence-electron chi connectivity index (χ3n) is 3.85. The summed E-state index contributed by atoms with van der Waals surface area (Å²) in [5, 5.41) is 3.57. The van der Waals surface area contributed by atoms with E-state index in [2.05, 4.69) is 31.0 Å². The Morgan fingerprint density at radius 1 is 1.22 bits per heavy atom. The summed E-state index contributed by atoms with van der Waals surface area (Å²) in [5.74, 6) is 0. The van der Waals surface area contributed by atoms with Crippen LogP contribution in [0.4, 0.5) is 0 Å². The van der Waals surface area contributed by atoms with Gasteiger partial charge in [-0.1, -0.05) is 26.7 Å². The van der Waals surface area contributed by atoms with Crippen molar-refractivity contribution in [3.05, 3.63) is 0 Å². The minimum absolute atomic E-state index is 0.555. The molecule has 3 heteroatoms. The molecule has 18 heavy (non-hydrogen) atoms. The molecule has 1 rings (SSSR count). The van der Waals surface area contributed by atoms with E-state index in [1.54, 1.807) is 0 Å². The quantitative estimate of drug-likeness (QED) is 0.686. The fourth-order valence-electron chi connectivity index (χ4n) is 2.61. The first-order chi connectivity index (χ1) is 8.77. The number of unbranched alkanes of at least 4 members (excludes halogenated alkanes) is 2. The summed E-state index contributed by atoms with van der Waals surface area (Å²) < 4.78 is 5.54. The zero-order valence-electron chi connectivity index (χ0n) is 12.6. The van der Waals surface area contributed by atoms with Gasteiger partial charge in [0.2, 0.25) is 0 Å². The predicted octanol–water partition coefficient (Wildman–Crippen LogP) is 2.66. The van der Waals surface area contributed by atoms with E-state index in [9.17, 15) is 0 Å². The van der Waals surface area contributed by atoms with Gasteiger partial charge < -0.3 is 15.0 Å². The monoisotopic (exact) mass is 256 g/mol. The molecule has 0 saturated carbocycles. The van der Waals surface area contributed by atoms with E-state index in [0.29, 0.717) is 12.1 Å². The standard InChI is InChI=1S/C15H32N2O/c1-4-6-9-17(10-7-5-2)14(3)12-15-13-18-11-8-16-15/h14-16H,4-13H2,1-3H3. The van der Waals surface area contributed by atoms with Crippen molar-refractivity contribution >= 4 is 0 Å². The maximum atomic E-state index is 5.54. The topological polar surface area (TPSA) is 24.5 Å². The van der Waals surface area contributed by atoms with Gasteiger partial charge in [-0.2, -0.15) is 0 Å². The van der Waals surface area contributed by atoms with Gasteiger partial charge in [0.25, 0.3) is 0 Å². The number of morpholine rings is 1. The highest BCUT2D eigenvalue weighted by atomic mass is 16.5. The van der Waals surface area contributed by atoms with Crippen LogP contribution >= 0.6 is 0 Å². The van der Waals surface area contributed by atoms with E-state index in [0.717, 1.165) is 19.8 Å². The first-order valence-electron chi connectivity index (χ1n) is 7.83. The van der Waals surface area contributed by atoms with Crippen molar-refractivity contribution in [1.82, 2.24) is 10.2 Å². The fourth-order valence-corrected chi connectivity index (χ4v) is 2.61. The molecule has 1 N–H and O–H groups in total. The summed E-state index contributed by atoms with van der Waals surface area (Å²) in [6.07, 6.45) is 6.44. The largest absolute Gasteiger partial charge is 0.379 e. The van der Waals surface area contributed by atoms with E-state index < -0.39 is 0 Å². The third kappa shape index (κ3) is 6.17. The molecule has 0 bridgehead atoms. The molecule has 1 aliphatic rings. The van der Waals surface area contributed by atoms with Gasteiger partial charge in [0.05, 0.1) is 13.2 Å². The lowest BCUT2D eigenvalue weighted by Gasteiger charge is -2.33. The lowest BCUT2D eigenvalue weighted by atomic mass is 10.1. The first-order valence-corrected chi connectivity index (χ1v) is 7.83. The molecule has 1 aliphatic heterocycles. The van der Waals surface area contributed by atoms with Gasteiger partial charge in [0, 0.05) is 18.6 Å². The Morgan fingerprint density at radius 3 is 2.39 bits per heavy atom. The molecule has 108 valence electrons. The molecule has 3 nitrogen and oxygen atoms in total. The average Bonchev–Trinajstić information content (AvgIpc) is 2.40. The number of rotatable bonds is 9. The Kier molecular flexibility index (Phi) is 8.64. The molecule has 0 aromatic carbocycles. The third-order valence-corrected chi connectivity index (χ3v) is 3.85. The van der Waals surface area contributed by atoms with Crippen molar-refractivity contribution in [3.8, 4) is 0 Å². The second-order valence-electron chi connectivity index (χ2n) is 5.55. The molecule has 0 amide bonds.